The van der Waals surface area contributed by atoms with Gasteiger partial charge in [0.25, 0.3) is 0 Å². The van der Waals surface area contributed by atoms with Gasteiger partial charge in [0.15, 0.2) is 0 Å². The summed E-state index contributed by atoms with van der Waals surface area (Å²) >= 11 is 1.41. The predicted molar refractivity (Wildman–Crippen MR) is 175 cm³/mol. The molecule has 0 saturated heterocycles. The molecule has 0 saturated carbocycles. The Kier molecular flexibility index (Phi) is 8.06. The number of methoxy groups -OCH3 is 1. The maximum Gasteiger partial charge on any atom is 0.246 e. The van der Waals surface area contributed by atoms with E-state index in [2.05, 4.69) is 11.9 Å². The number of hydrogen-bond donors (Lipinski definition) is 1. The summed E-state index contributed by atoms with van der Waals surface area (Å²) in [5.74, 6) is -1.75. The van der Waals surface area contributed by atoms with Crippen molar-refractivity contribution in [2.45, 2.75) is 39.0 Å². The van der Waals surface area contributed by atoms with Gasteiger partial charge in [-0.15, -0.1) is 11.3 Å². The lowest BCUT2D eigenvalue weighted by atomic mass is 9.94. The fraction of sp³-hybridized carbons (Fsp3) is 0.257. The number of aromatic nitrogens is 3. The lowest BCUT2D eigenvalue weighted by Crippen LogP contribution is -2.44. The summed E-state index contributed by atoms with van der Waals surface area (Å²) in [5, 5.41) is 10.5. The minimum atomic E-state index is -0.798. The molecule has 5 heterocycles. The normalized spacial score (nSPS) is 15.7. The van der Waals surface area contributed by atoms with Crippen LogP contribution in [0.4, 0.5) is 8.78 Å². The van der Waals surface area contributed by atoms with Gasteiger partial charge in [-0.2, -0.15) is 5.10 Å². The molecule has 0 spiro atoms. The van der Waals surface area contributed by atoms with Crippen LogP contribution in [0.2, 0.25) is 0 Å². The number of benzene rings is 2. The van der Waals surface area contributed by atoms with Crippen LogP contribution in [0, 0.1) is 11.6 Å². The fourth-order valence-corrected chi connectivity index (χ4v) is 7.24. The number of nitrogens with zero attached hydrogens (tertiary/aromatic N) is 4. The number of nitrogens with one attached hydrogen (secondary N) is 1. The number of amides is 2. The SMILES string of the molecule is C=CC(=O)N1Cc2cc(-c3nc(-c4ccc5c(c4)CNC(=O)C5)c4ccsc4c3-c3c(F)cc(F)cc3OCCOC)nn2CC1C. The molecular weight excluding hydrogens is 624 g/mol. The van der Waals surface area contributed by atoms with Crippen LogP contribution in [0.15, 0.2) is 60.5 Å². The molecule has 0 radical (unpaired) electrons. The topological polar surface area (TPSA) is 98.6 Å². The Morgan fingerprint density at radius 1 is 1.13 bits per heavy atom. The van der Waals surface area contributed by atoms with Gasteiger partial charge in [-0.25, -0.2) is 13.8 Å². The standard InChI is InChI=1S/C35H31F2N5O4S/c1-4-30(44)41-18-24-15-27(40-42(24)17-19(41)2)34-32(31-26(37)13-23(36)14-28(31)46-9-8-45-3)35-25(7-10-47-35)33(39-34)21-6-5-20-12-29(43)38-16-22(20)11-21/h4-7,10-11,13-15,19H,1,8-9,12,16-18H2,2-3H3,(H,38,43). The van der Waals surface area contributed by atoms with Gasteiger partial charge in [-0.3, -0.25) is 14.3 Å². The van der Waals surface area contributed by atoms with E-state index in [1.807, 2.05) is 47.3 Å². The quantitative estimate of drug-likeness (QED) is 0.166. The summed E-state index contributed by atoms with van der Waals surface area (Å²) in [6.45, 7) is 7.07. The molecule has 7 rings (SSSR count). The smallest absolute Gasteiger partial charge is 0.246 e. The Morgan fingerprint density at radius 2 is 1.98 bits per heavy atom. The average molecular weight is 656 g/mol. The number of pyridine rings is 1. The second-order valence-electron chi connectivity index (χ2n) is 11.6. The predicted octanol–water partition coefficient (Wildman–Crippen LogP) is 5.89. The first-order chi connectivity index (χ1) is 22.7. The van der Waals surface area contributed by atoms with Crippen LogP contribution in [0.25, 0.3) is 43.9 Å². The Hall–Kier alpha value is -4.94. The summed E-state index contributed by atoms with van der Waals surface area (Å²) in [5.41, 5.74) is 5.58. The van der Waals surface area contributed by atoms with E-state index in [4.69, 9.17) is 19.6 Å². The zero-order chi connectivity index (χ0) is 32.8. The summed E-state index contributed by atoms with van der Waals surface area (Å²) in [6.07, 6.45) is 1.60. The van der Waals surface area contributed by atoms with Gasteiger partial charge in [0.2, 0.25) is 11.8 Å². The molecule has 12 heteroatoms. The van der Waals surface area contributed by atoms with Gasteiger partial charge < -0.3 is 19.7 Å². The number of halogens is 2. The molecule has 2 aliphatic rings. The molecule has 2 amide bonds. The van der Waals surface area contributed by atoms with Crippen molar-refractivity contribution in [1.82, 2.24) is 25.0 Å². The molecule has 1 N–H and O–H groups in total. The van der Waals surface area contributed by atoms with E-state index in [1.165, 1.54) is 30.6 Å². The highest BCUT2D eigenvalue weighted by molar-refractivity contribution is 7.18. The lowest BCUT2D eigenvalue weighted by Gasteiger charge is -2.33. The summed E-state index contributed by atoms with van der Waals surface area (Å²) in [7, 11) is 1.52. The summed E-state index contributed by atoms with van der Waals surface area (Å²) in [4.78, 5) is 31.5. The van der Waals surface area contributed by atoms with Crippen molar-refractivity contribution in [3.05, 3.63) is 89.0 Å². The van der Waals surface area contributed by atoms with Gasteiger partial charge in [0.05, 0.1) is 43.1 Å². The van der Waals surface area contributed by atoms with Crippen molar-refractivity contribution in [2.75, 3.05) is 20.3 Å². The van der Waals surface area contributed by atoms with E-state index in [-0.39, 0.29) is 42.4 Å². The van der Waals surface area contributed by atoms with E-state index in [1.54, 1.807) is 4.90 Å². The number of fused-ring (bicyclic) bond motifs is 3. The number of hydrogen-bond acceptors (Lipinski definition) is 7. The molecule has 47 heavy (non-hydrogen) atoms. The van der Waals surface area contributed by atoms with Crippen molar-refractivity contribution >= 4 is 33.2 Å². The number of ether oxygens (including phenoxy) is 2. The molecule has 0 fully saturated rings. The number of carbonyl (C=O) groups excluding carboxylic acids is 2. The third-order valence-corrected chi connectivity index (χ3v) is 9.53. The van der Waals surface area contributed by atoms with Crippen LogP contribution >= 0.6 is 11.3 Å². The monoisotopic (exact) mass is 655 g/mol. The second kappa shape index (κ2) is 12.3. The van der Waals surface area contributed by atoms with Gasteiger partial charge in [0, 0.05) is 53.0 Å². The van der Waals surface area contributed by atoms with Gasteiger partial charge in [-0.05, 0) is 47.7 Å². The van der Waals surface area contributed by atoms with Crippen LogP contribution in [0.5, 0.6) is 5.75 Å². The number of carbonyl (C=O) groups is 2. The summed E-state index contributed by atoms with van der Waals surface area (Å²) in [6, 6.07) is 11.6. The molecular formula is C35H31F2N5O4S. The van der Waals surface area contributed by atoms with Gasteiger partial charge in [0.1, 0.15) is 35.4 Å². The van der Waals surface area contributed by atoms with E-state index in [0.717, 1.165) is 38.5 Å². The van der Waals surface area contributed by atoms with Crippen LogP contribution in [-0.2, 0) is 40.4 Å². The third-order valence-electron chi connectivity index (χ3n) is 8.59. The number of rotatable bonds is 8. The fourth-order valence-electron chi connectivity index (χ4n) is 6.29. The molecule has 0 aliphatic carbocycles. The van der Waals surface area contributed by atoms with Crippen LogP contribution in [0.1, 0.15) is 23.7 Å². The Labute approximate surface area is 273 Å². The Morgan fingerprint density at radius 3 is 2.79 bits per heavy atom. The molecule has 2 aromatic carbocycles. The van der Waals surface area contributed by atoms with Crippen molar-refractivity contribution in [3.63, 3.8) is 0 Å². The molecule has 5 aromatic rings. The van der Waals surface area contributed by atoms with Crippen LogP contribution in [0.3, 0.4) is 0 Å². The first-order valence-electron chi connectivity index (χ1n) is 15.2. The largest absolute Gasteiger partial charge is 0.490 e. The zero-order valence-electron chi connectivity index (χ0n) is 25.8. The van der Waals surface area contributed by atoms with Gasteiger partial charge in [-0.1, -0.05) is 18.7 Å². The molecule has 0 bridgehead atoms. The van der Waals surface area contributed by atoms with E-state index in [9.17, 15) is 14.0 Å². The van der Waals surface area contributed by atoms with Crippen molar-refractivity contribution < 1.29 is 27.8 Å². The average Bonchev–Trinajstić information content (AvgIpc) is 3.71. The maximum absolute atomic E-state index is 16.0. The molecule has 1 unspecified atom stereocenters. The Balaban J connectivity index is 1.47. The lowest BCUT2D eigenvalue weighted by molar-refractivity contribution is -0.129. The minimum absolute atomic E-state index is 0.0218. The first kappa shape index (κ1) is 30.7. The minimum Gasteiger partial charge on any atom is -0.490 e. The zero-order valence-corrected chi connectivity index (χ0v) is 26.6. The third kappa shape index (κ3) is 5.57. The molecule has 240 valence electrons. The van der Waals surface area contributed by atoms with E-state index in [0.29, 0.717) is 48.7 Å². The number of thiophene rings is 1. The molecule has 9 nitrogen and oxygen atoms in total. The van der Waals surface area contributed by atoms with Gasteiger partial charge >= 0.3 is 0 Å². The summed E-state index contributed by atoms with van der Waals surface area (Å²) < 4.78 is 44.3. The molecule has 1 atom stereocenters. The van der Waals surface area contributed by atoms with Crippen molar-refractivity contribution in [3.8, 4) is 39.5 Å². The van der Waals surface area contributed by atoms with Crippen molar-refractivity contribution in [2.24, 2.45) is 0 Å². The van der Waals surface area contributed by atoms with Crippen molar-refractivity contribution in [1.29, 1.82) is 0 Å². The first-order valence-corrected chi connectivity index (χ1v) is 16.0. The second-order valence-corrected chi connectivity index (χ2v) is 12.5. The Bertz CT molecular complexity index is 2070. The van der Waals surface area contributed by atoms with Crippen LogP contribution < -0.4 is 10.1 Å². The molecule has 2 aliphatic heterocycles. The highest BCUT2D eigenvalue weighted by Crippen LogP contribution is 2.47. The van der Waals surface area contributed by atoms with E-state index >= 15 is 4.39 Å². The van der Waals surface area contributed by atoms with E-state index < -0.39 is 11.6 Å². The highest BCUT2D eigenvalue weighted by atomic mass is 32.1. The highest BCUT2D eigenvalue weighted by Gasteiger charge is 2.31. The maximum atomic E-state index is 16.0. The molecule has 3 aromatic heterocycles. The van der Waals surface area contributed by atoms with Crippen LogP contribution in [-0.4, -0.2) is 57.8 Å².